The van der Waals surface area contributed by atoms with Gasteiger partial charge in [0.2, 0.25) is 0 Å². The minimum absolute atomic E-state index is 0.165. The monoisotopic (exact) mass is 218 g/mol. The van der Waals surface area contributed by atoms with E-state index in [1.807, 2.05) is 0 Å². The standard InChI is InChI=1S/C10H22O3Si/c1-10(2,3)14(6,7)13-9(12-5)8-11-4/h8H,1-7H3/b9-8+. The zero-order valence-corrected chi connectivity index (χ0v) is 11.3. The minimum Gasteiger partial charge on any atom is -0.517 e. The highest BCUT2D eigenvalue weighted by molar-refractivity contribution is 6.74. The van der Waals surface area contributed by atoms with E-state index in [0.29, 0.717) is 5.95 Å². The molecule has 0 fully saturated rings. The molecule has 0 aromatic carbocycles. The molecule has 3 nitrogen and oxygen atoms in total. The molecule has 0 saturated carbocycles. The molecule has 0 rings (SSSR count). The van der Waals surface area contributed by atoms with Crippen LogP contribution in [0.2, 0.25) is 18.1 Å². The van der Waals surface area contributed by atoms with Gasteiger partial charge in [0.15, 0.2) is 6.26 Å². The summed E-state index contributed by atoms with van der Waals surface area (Å²) in [5.74, 6) is 0.457. The average molecular weight is 218 g/mol. The first kappa shape index (κ1) is 13.4. The largest absolute Gasteiger partial charge is 0.517 e. The van der Waals surface area contributed by atoms with E-state index in [9.17, 15) is 0 Å². The van der Waals surface area contributed by atoms with E-state index in [-0.39, 0.29) is 5.04 Å². The highest BCUT2D eigenvalue weighted by atomic mass is 28.4. The minimum atomic E-state index is -1.80. The Bertz CT molecular complexity index is 204. The van der Waals surface area contributed by atoms with Gasteiger partial charge in [-0.05, 0) is 18.1 Å². The third kappa shape index (κ3) is 3.62. The first-order valence-corrected chi connectivity index (χ1v) is 7.61. The Morgan fingerprint density at radius 1 is 1.14 bits per heavy atom. The van der Waals surface area contributed by atoms with Crippen LogP contribution >= 0.6 is 0 Å². The predicted octanol–water partition coefficient (Wildman–Crippen LogP) is 3.10. The van der Waals surface area contributed by atoms with Gasteiger partial charge in [0.05, 0.1) is 14.2 Å². The summed E-state index contributed by atoms with van der Waals surface area (Å²) in [5.41, 5.74) is 0. The molecule has 0 saturated heterocycles. The van der Waals surface area contributed by atoms with Crippen LogP contribution in [0, 0.1) is 0 Å². The van der Waals surface area contributed by atoms with Crippen molar-refractivity contribution in [3.63, 3.8) is 0 Å². The zero-order chi connectivity index (χ0) is 11.4. The molecule has 4 heteroatoms. The SMILES string of the molecule is CO/C=C(\OC)O[Si](C)(C)C(C)(C)C. The molecular formula is C10H22O3Si. The third-order valence-corrected chi connectivity index (χ3v) is 6.90. The van der Waals surface area contributed by atoms with Gasteiger partial charge in [-0.1, -0.05) is 20.8 Å². The van der Waals surface area contributed by atoms with Gasteiger partial charge in [-0.25, -0.2) is 0 Å². The Kier molecular flexibility index (Phi) is 4.51. The smallest absolute Gasteiger partial charge is 0.301 e. The summed E-state index contributed by atoms with van der Waals surface area (Å²) < 4.78 is 15.8. The molecule has 0 bridgehead atoms. The quantitative estimate of drug-likeness (QED) is 0.536. The van der Waals surface area contributed by atoms with Crippen molar-refractivity contribution in [3.8, 4) is 0 Å². The lowest BCUT2D eigenvalue weighted by Gasteiger charge is -2.36. The van der Waals surface area contributed by atoms with Crippen molar-refractivity contribution >= 4 is 8.32 Å². The maximum atomic E-state index is 5.84. The Morgan fingerprint density at radius 3 is 1.93 bits per heavy atom. The molecule has 0 aliphatic carbocycles. The normalized spacial score (nSPS) is 13.8. The predicted molar refractivity (Wildman–Crippen MR) is 60.4 cm³/mol. The van der Waals surface area contributed by atoms with Gasteiger partial charge in [-0.15, -0.1) is 0 Å². The fraction of sp³-hybridized carbons (Fsp3) is 0.800. The molecule has 0 heterocycles. The maximum absolute atomic E-state index is 5.84. The lowest BCUT2D eigenvalue weighted by molar-refractivity contribution is 0.121. The molecule has 0 aliphatic heterocycles. The second kappa shape index (κ2) is 4.73. The van der Waals surface area contributed by atoms with Crippen molar-refractivity contribution in [1.29, 1.82) is 0 Å². The van der Waals surface area contributed by atoms with E-state index >= 15 is 0 Å². The van der Waals surface area contributed by atoms with E-state index in [2.05, 4.69) is 33.9 Å². The summed E-state index contributed by atoms with van der Waals surface area (Å²) in [5, 5.41) is 0.165. The highest BCUT2D eigenvalue weighted by Crippen LogP contribution is 2.37. The van der Waals surface area contributed by atoms with Crippen molar-refractivity contribution in [1.82, 2.24) is 0 Å². The van der Waals surface area contributed by atoms with Gasteiger partial charge in [0, 0.05) is 0 Å². The fourth-order valence-corrected chi connectivity index (χ4v) is 1.56. The van der Waals surface area contributed by atoms with E-state index in [0.717, 1.165) is 0 Å². The lowest BCUT2D eigenvalue weighted by Crippen LogP contribution is -2.40. The molecule has 0 amide bonds. The Labute approximate surface area is 88.2 Å². The summed E-state index contributed by atoms with van der Waals surface area (Å²) in [6.45, 7) is 10.9. The van der Waals surface area contributed by atoms with Crippen LogP contribution in [-0.2, 0) is 13.9 Å². The van der Waals surface area contributed by atoms with Crippen LogP contribution in [0.1, 0.15) is 20.8 Å². The van der Waals surface area contributed by atoms with Crippen molar-refractivity contribution in [2.24, 2.45) is 0 Å². The number of methoxy groups -OCH3 is 2. The van der Waals surface area contributed by atoms with Crippen LogP contribution in [0.3, 0.4) is 0 Å². The molecule has 0 N–H and O–H groups in total. The van der Waals surface area contributed by atoms with Crippen LogP contribution < -0.4 is 0 Å². The topological polar surface area (TPSA) is 27.7 Å². The molecule has 0 aromatic rings. The molecule has 0 aliphatic rings. The molecular weight excluding hydrogens is 196 g/mol. The summed E-state index contributed by atoms with van der Waals surface area (Å²) in [7, 11) is 1.36. The van der Waals surface area contributed by atoms with Gasteiger partial charge in [-0.3, -0.25) is 0 Å². The maximum Gasteiger partial charge on any atom is 0.301 e. The lowest BCUT2D eigenvalue weighted by atomic mass is 10.2. The van der Waals surface area contributed by atoms with Crippen LogP contribution in [0.4, 0.5) is 0 Å². The first-order chi connectivity index (χ1) is 6.24. The Balaban J connectivity index is 4.56. The molecule has 0 radical (unpaired) electrons. The van der Waals surface area contributed by atoms with Crippen LogP contribution in [0.15, 0.2) is 12.2 Å². The number of ether oxygens (including phenoxy) is 2. The van der Waals surface area contributed by atoms with Gasteiger partial charge in [-0.2, -0.15) is 0 Å². The molecule has 84 valence electrons. The number of hydrogen-bond donors (Lipinski definition) is 0. The van der Waals surface area contributed by atoms with Gasteiger partial charge in [0.1, 0.15) is 0 Å². The summed E-state index contributed by atoms with van der Waals surface area (Å²) in [4.78, 5) is 0. The van der Waals surface area contributed by atoms with Crippen molar-refractivity contribution in [2.75, 3.05) is 14.2 Å². The Hall–Kier alpha value is -0.643. The van der Waals surface area contributed by atoms with Crippen molar-refractivity contribution in [2.45, 2.75) is 38.9 Å². The first-order valence-electron chi connectivity index (χ1n) is 4.70. The molecule has 0 aromatic heterocycles. The van der Waals surface area contributed by atoms with Crippen molar-refractivity contribution in [3.05, 3.63) is 12.2 Å². The molecule has 0 spiro atoms. The molecule has 0 unspecified atom stereocenters. The summed E-state index contributed by atoms with van der Waals surface area (Å²) in [6.07, 6.45) is 1.49. The van der Waals surface area contributed by atoms with E-state index in [1.165, 1.54) is 6.26 Å². The van der Waals surface area contributed by atoms with E-state index in [4.69, 9.17) is 13.9 Å². The highest BCUT2D eigenvalue weighted by Gasteiger charge is 2.39. The number of rotatable bonds is 4. The average Bonchev–Trinajstić information content (AvgIpc) is 2.01. The second-order valence-electron chi connectivity index (χ2n) is 4.74. The van der Waals surface area contributed by atoms with Crippen LogP contribution in [0.5, 0.6) is 0 Å². The molecule has 14 heavy (non-hydrogen) atoms. The third-order valence-electron chi connectivity index (χ3n) is 2.58. The van der Waals surface area contributed by atoms with Gasteiger partial charge < -0.3 is 13.9 Å². The Morgan fingerprint density at radius 2 is 1.64 bits per heavy atom. The summed E-state index contributed by atoms with van der Waals surface area (Å²) >= 11 is 0. The zero-order valence-electron chi connectivity index (χ0n) is 10.3. The van der Waals surface area contributed by atoms with Crippen LogP contribution in [-0.4, -0.2) is 22.5 Å². The fourth-order valence-electron chi connectivity index (χ4n) is 0.615. The summed E-state index contributed by atoms with van der Waals surface area (Å²) in [6, 6.07) is 0. The number of hydrogen-bond acceptors (Lipinski definition) is 3. The van der Waals surface area contributed by atoms with Crippen LogP contribution in [0.25, 0.3) is 0 Å². The second-order valence-corrected chi connectivity index (χ2v) is 9.46. The van der Waals surface area contributed by atoms with E-state index in [1.54, 1.807) is 14.2 Å². The van der Waals surface area contributed by atoms with E-state index < -0.39 is 8.32 Å². The van der Waals surface area contributed by atoms with Crippen molar-refractivity contribution < 1.29 is 13.9 Å². The molecule has 0 atom stereocenters. The van der Waals surface area contributed by atoms with Gasteiger partial charge in [0.25, 0.3) is 8.32 Å². The van der Waals surface area contributed by atoms with Gasteiger partial charge >= 0.3 is 5.95 Å².